The van der Waals surface area contributed by atoms with Crippen LogP contribution in [0.2, 0.25) is 0 Å². The Kier molecular flexibility index (Phi) is 2.48. The Morgan fingerprint density at radius 2 is 1.89 bits per heavy atom. The maximum absolute atomic E-state index is 12.6. The van der Waals surface area contributed by atoms with Gasteiger partial charge in [0.1, 0.15) is 0 Å². The van der Waals surface area contributed by atoms with Gasteiger partial charge in [-0.05, 0) is 61.7 Å². The van der Waals surface area contributed by atoms with E-state index >= 15 is 0 Å². The molecule has 2 bridgehead atoms. The summed E-state index contributed by atoms with van der Waals surface area (Å²) < 4.78 is 0. The van der Waals surface area contributed by atoms with E-state index in [9.17, 15) is 4.79 Å². The third-order valence-electron chi connectivity index (χ3n) is 6.16. The number of aliphatic hydroxyl groups is 1. The highest BCUT2D eigenvalue weighted by Crippen LogP contribution is 2.69. The molecule has 0 aromatic heterocycles. The zero-order valence-electron chi connectivity index (χ0n) is 10.9. The molecular formula is C15H23NO2. The van der Waals surface area contributed by atoms with Crippen LogP contribution in [0.15, 0.2) is 0 Å². The van der Waals surface area contributed by atoms with Gasteiger partial charge in [0.2, 0.25) is 5.91 Å². The number of amides is 1. The van der Waals surface area contributed by atoms with E-state index in [0.717, 1.165) is 49.6 Å². The number of carbonyl (C=O) groups is 1. The van der Waals surface area contributed by atoms with Crippen molar-refractivity contribution in [1.29, 1.82) is 0 Å². The fraction of sp³-hybridized carbons (Fsp3) is 0.933. The van der Waals surface area contributed by atoms with Gasteiger partial charge in [0, 0.05) is 25.6 Å². The predicted octanol–water partition coefficient (Wildman–Crippen LogP) is 1.51. The lowest BCUT2D eigenvalue weighted by atomic mass is 10.0. The lowest BCUT2D eigenvalue weighted by molar-refractivity contribution is -0.132. The van der Waals surface area contributed by atoms with Crippen molar-refractivity contribution in [3.63, 3.8) is 0 Å². The highest BCUT2D eigenvalue weighted by molar-refractivity contribution is 5.83. The van der Waals surface area contributed by atoms with Crippen LogP contribution in [0.5, 0.6) is 0 Å². The quantitative estimate of drug-likeness (QED) is 0.823. The van der Waals surface area contributed by atoms with Gasteiger partial charge in [-0.25, -0.2) is 0 Å². The first-order chi connectivity index (χ1) is 8.79. The fourth-order valence-corrected chi connectivity index (χ4v) is 5.32. The van der Waals surface area contributed by atoms with E-state index in [2.05, 4.69) is 4.90 Å². The lowest BCUT2D eigenvalue weighted by Gasteiger charge is -2.18. The number of nitrogens with zero attached hydrogens (tertiary/aromatic N) is 1. The van der Waals surface area contributed by atoms with Crippen LogP contribution in [0.4, 0.5) is 0 Å². The molecule has 5 unspecified atom stereocenters. The zero-order valence-corrected chi connectivity index (χ0v) is 10.9. The molecular weight excluding hydrogens is 226 g/mol. The van der Waals surface area contributed by atoms with Crippen molar-refractivity contribution in [3.05, 3.63) is 0 Å². The van der Waals surface area contributed by atoms with Crippen LogP contribution in [0.3, 0.4) is 0 Å². The van der Waals surface area contributed by atoms with Crippen LogP contribution < -0.4 is 0 Å². The second-order valence-corrected chi connectivity index (χ2v) is 6.96. The van der Waals surface area contributed by atoms with Crippen LogP contribution in [-0.4, -0.2) is 35.6 Å². The molecule has 0 spiro atoms. The summed E-state index contributed by atoms with van der Waals surface area (Å²) in [5, 5.41) is 8.98. The number of hydrogen-bond acceptors (Lipinski definition) is 2. The molecule has 3 heteroatoms. The first-order valence-corrected chi connectivity index (χ1v) is 7.69. The third kappa shape index (κ3) is 1.49. The molecule has 0 aromatic carbocycles. The minimum absolute atomic E-state index is 0.269. The maximum atomic E-state index is 12.6. The normalized spacial score (nSPS) is 48.6. The van der Waals surface area contributed by atoms with E-state index in [4.69, 9.17) is 5.11 Å². The molecule has 18 heavy (non-hydrogen) atoms. The highest BCUT2D eigenvalue weighted by Gasteiger charge is 2.68. The SMILES string of the molecule is O=C(C1C2C3CCC(C3)C12)N1CCC(CCO)C1. The largest absolute Gasteiger partial charge is 0.396 e. The zero-order chi connectivity index (χ0) is 12.3. The molecule has 4 aliphatic rings. The molecule has 4 fully saturated rings. The van der Waals surface area contributed by atoms with Crippen molar-refractivity contribution < 1.29 is 9.90 Å². The van der Waals surface area contributed by atoms with Crippen LogP contribution >= 0.6 is 0 Å². The number of carbonyl (C=O) groups excluding carboxylic acids is 1. The van der Waals surface area contributed by atoms with Crippen LogP contribution in [-0.2, 0) is 4.79 Å². The maximum Gasteiger partial charge on any atom is 0.226 e. The summed E-state index contributed by atoms with van der Waals surface area (Å²) in [4.78, 5) is 14.7. The Bertz CT molecular complexity index is 354. The molecule has 4 rings (SSSR count). The smallest absolute Gasteiger partial charge is 0.226 e. The van der Waals surface area contributed by atoms with Gasteiger partial charge in [0.15, 0.2) is 0 Å². The van der Waals surface area contributed by atoms with Gasteiger partial charge in [-0.15, -0.1) is 0 Å². The van der Waals surface area contributed by atoms with Crippen LogP contribution in [0, 0.1) is 35.5 Å². The molecule has 3 aliphatic carbocycles. The Morgan fingerprint density at radius 3 is 2.56 bits per heavy atom. The summed E-state index contributed by atoms with van der Waals surface area (Å²) in [6, 6.07) is 0. The van der Waals surface area contributed by atoms with Gasteiger partial charge in [0.05, 0.1) is 0 Å². The van der Waals surface area contributed by atoms with Gasteiger partial charge in [-0.2, -0.15) is 0 Å². The summed E-state index contributed by atoms with van der Waals surface area (Å²) in [5.41, 5.74) is 0. The monoisotopic (exact) mass is 249 g/mol. The molecule has 1 saturated heterocycles. The Morgan fingerprint density at radius 1 is 1.17 bits per heavy atom. The van der Waals surface area contributed by atoms with Crippen molar-refractivity contribution in [2.75, 3.05) is 19.7 Å². The molecule has 3 saturated carbocycles. The number of aliphatic hydroxyl groups excluding tert-OH is 1. The molecule has 100 valence electrons. The summed E-state index contributed by atoms with van der Waals surface area (Å²) in [5.74, 6) is 4.75. The molecule has 0 aromatic rings. The minimum Gasteiger partial charge on any atom is -0.396 e. The summed E-state index contributed by atoms with van der Waals surface area (Å²) >= 11 is 0. The van der Waals surface area contributed by atoms with E-state index in [1.54, 1.807) is 0 Å². The second kappa shape index (κ2) is 3.96. The number of likely N-dealkylation sites (tertiary alicyclic amines) is 1. The summed E-state index contributed by atoms with van der Waals surface area (Å²) in [6.07, 6.45) is 6.17. The second-order valence-electron chi connectivity index (χ2n) is 6.96. The fourth-order valence-electron chi connectivity index (χ4n) is 5.32. The van der Waals surface area contributed by atoms with E-state index < -0.39 is 0 Å². The molecule has 1 amide bonds. The van der Waals surface area contributed by atoms with Gasteiger partial charge in [-0.3, -0.25) is 4.79 Å². The van der Waals surface area contributed by atoms with Crippen molar-refractivity contribution >= 4 is 5.91 Å². The molecule has 1 heterocycles. The van der Waals surface area contributed by atoms with E-state index in [0.29, 0.717) is 17.7 Å². The average Bonchev–Trinajstić information content (AvgIpc) is 2.76. The minimum atomic E-state index is 0.269. The van der Waals surface area contributed by atoms with Crippen molar-refractivity contribution in [3.8, 4) is 0 Å². The molecule has 5 atom stereocenters. The first-order valence-electron chi connectivity index (χ1n) is 7.69. The van der Waals surface area contributed by atoms with Gasteiger partial charge in [-0.1, -0.05) is 0 Å². The molecule has 0 radical (unpaired) electrons. The molecule has 1 N–H and O–H groups in total. The van der Waals surface area contributed by atoms with E-state index in [-0.39, 0.29) is 6.61 Å². The third-order valence-corrected chi connectivity index (χ3v) is 6.16. The van der Waals surface area contributed by atoms with Crippen molar-refractivity contribution in [2.24, 2.45) is 35.5 Å². The standard InChI is InChI=1S/C15H23NO2/c17-6-4-9-3-5-16(8-9)15(18)14-12-10-1-2-11(7-10)13(12)14/h9-14,17H,1-8H2. The summed E-state index contributed by atoms with van der Waals surface area (Å²) in [6.45, 7) is 2.12. The van der Waals surface area contributed by atoms with Crippen molar-refractivity contribution in [2.45, 2.75) is 32.1 Å². The van der Waals surface area contributed by atoms with Crippen LogP contribution in [0.25, 0.3) is 0 Å². The number of hydrogen-bond donors (Lipinski definition) is 1. The molecule has 3 nitrogen and oxygen atoms in total. The van der Waals surface area contributed by atoms with Crippen molar-refractivity contribution in [1.82, 2.24) is 4.90 Å². The topological polar surface area (TPSA) is 40.5 Å². The lowest BCUT2D eigenvalue weighted by Crippen LogP contribution is -2.32. The number of rotatable bonds is 3. The van der Waals surface area contributed by atoms with Crippen LogP contribution in [0.1, 0.15) is 32.1 Å². The van der Waals surface area contributed by atoms with Gasteiger partial charge >= 0.3 is 0 Å². The number of fused-ring (bicyclic) bond motifs is 5. The Hall–Kier alpha value is -0.570. The van der Waals surface area contributed by atoms with E-state index in [1.807, 2.05) is 0 Å². The first kappa shape index (κ1) is 11.3. The Labute approximate surface area is 109 Å². The molecule has 1 aliphatic heterocycles. The predicted molar refractivity (Wildman–Crippen MR) is 67.7 cm³/mol. The van der Waals surface area contributed by atoms with E-state index in [1.165, 1.54) is 19.3 Å². The average molecular weight is 249 g/mol. The Balaban J connectivity index is 1.38. The summed E-state index contributed by atoms with van der Waals surface area (Å²) in [7, 11) is 0. The van der Waals surface area contributed by atoms with Gasteiger partial charge < -0.3 is 10.0 Å². The van der Waals surface area contributed by atoms with Gasteiger partial charge in [0.25, 0.3) is 0 Å². The highest BCUT2D eigenvalue weighted by atomic mass is 16.3.